The maximum atomic E-state index is 13.2. The number of nitrogens with two attached hydrogens (primary N) is 1. The highest BCUT2D eigenvalue weighted by atomic mass is 35.5. The van der Waals surface area contributed by atoms with E-state index in [1.165, 1.54) is 12.1 Å². The van der Waals surface area contributed by atoms with Crippen LogP contribution >= 0.6 is 11.6 Å². The lowest BCUT2D eigenvalue weighted by Crippen LogP contribution is -2.29. The van der Waals surface area contributed by atoms with Gasteiger partial charge < -0.3 is 0 Å². The number of rotatable bonds is 3. The zero-order valence-electron chi connectivity index (χ0n) is 10.9. The summed E-state index contributed by atoms with van der Waals surface area (Å²) in [6.07, 6.45) is 0. The first-order valence-corrected chi connectivity index (χ1v) is 6.39. The van der Waals surface area contributed by atoms with Crippen molar-refractivity contribution >= 4 is 11.6 Å². The summed E-state index contributed by atoms with van der Waals surface area (Å²) in [6, 6.07) is 10.2. The Morgan fingerprint density at radius 1 is 1.11 bits per heavy atom. The average molecular weight is 279 g/mol. The van der Waals surface area contributed by atoms with Crippen molar-refractivity contribution in [1.29, 1.82) is 0 Å². The molecule has 100 valence electrons. The third-order valence-corrected chi connectivity index (χ3v) is 3.76. The number of hydrogen-bond acceptors (Lipinski definition) is 2. The van der Waals surface area contributed by atoms with Gasteiger partial charge in [0.25, 0.3) is 0 Å². The minimum Gasteiger partial charge on any atom is -0.271 e. The first-order chi connectivity index (χ1) is 9.04. The highest BCUT2D eigenvalue weighted by Gasteiger charge is 2.18. The van der Waals surface area contributed by atoms with Crippen LogP contribution in [0.4, 0.5) is 4.39 Å². The van der Waals surface area contributed by atoms with Gasteiger partial charge in [0, 0.05) is 5.02 Å². The Labute approximate surface area is 117 Å². The van der Waals surface area contributed by atoms with Crippen molar-refractivity contribution in [3.05, 3.63) is 69.5 Å². The van der Waals surface area contributed by atoms with Crippen molar-refractivity contribution in [2.24, 2.45) is 5.84 Å². The van der Waals surface area contributed by atoms with Crippen LogP contribution in [0.1, 0.15) is 28.3 Å². The first kappa shape index (κ1) is 14.0. The number of nitrogens with one attached hydrogen (secondary N) is 1. The minimum atomic E-state index is -0.257. The summed E-state index contributed by atoms with van der Waals surface area (Å²) < 4.78 is 13.2. The molecule has 1 atom stereocenters. The largest absolute Gasteiger partial charge is 0.271 e. The van der Waals surface area contributed by atoms with Gasteiger partial charge in [0.2, 0.25) is 0 Å². The monoisotopic (exact) mass is 278 g/mol. The Bertz CT molecular complexity index is 599. The van der Waals surface area contributed by atoms with Crippen LogP contribution in [0.25, 0.3) is 0 Å². The van der Waals surface area contributed by atoms with E-state index in [4.69, 9.17) is 17.4 Å². The Kier molecular flexibility index (Phi) is 4.20. The Balaban J connectivity index is 2.53. The molecule has 0 bridgehead atoms. The van der Waals surface area contributed by atoms with Gasteiger partial charge in [-0.2, -0.15) is 0 Å². The van der Waals surface area contributed by atoms with E-state index in [0.717, 1.165) is 22.3 Å². The molecular formula is C15H16ClFN2. The molecule has 3 N–H and O–H groups in total. The van der Waals surface area contributed by atoms with Gasteiger partial charge in [0.15, 0.2) is 0 Å². The van der Waals surface area contributed by atoms with Gasteiger partial charge >= 0.3 is 0 Å². The van der Waals surface area contributed by atoms with Crippen LogP contribution in [-0.4, -0.2) is 0 Å². The second-order valence-corrected chi connectivity index (χ2v) is 4.96. The van der Waals surface area contributed by atoms with Crippen LogP contribution in [0.3, 0.4) is 0 Å². The summed E-state index contributed by atoms with van der Waals surface area (Å²) in [5.74, 6) is 5.40. The molecule has 0 aromatic heterocycles. The summed E-state index contributed by atoms with van der Waals surface area (Å²) in [4.78, 5) is 0. The van der Waals surface area contributed by atoms with Crippen LogP contribution < -0.4 is 11.3 Å². The van der Waals surface area contributed by atoms with E-state index in [1.54, 1.807) is 6.07 Å². The third-order valence-electron chi connectivity index (χ3n) is 3.24. The van der Waals surface area contributed by atoms with Gasteiger partial charge in [-0.25, -0.2) is 9.82 Å². The predicted molar refractivity (Wildman–Crippen MR) is 76.5 cm³/mol. The van der Waals surface area contributed by atoms with Crippen molar-refractivity contribution in [1.82, 2.24) is 5.43 Å². The van der Waals surface area contributed by atoms with E-state index in [0.29, 0.717) is 5.02 Å². The highest BCUT2D eigenvalue weighted by Crippen LogP contribution is 2.31. The minimum absolute atomic E-state index is 0.256. The number of aryl methyl sites for hydroxylation is 2. The Morgan fingerprint density at radius 3 is 2.47 bits per heavy atom. The second-order valence-electron chi connectivity index (χ2n) is 4.58. The fourth-order valence-electron chi connectivity index (χ4n) is 2.20. The van der Waals surface area contributed by atoms with Gasteiger partial charge in [-0.05, 0) is 48.2 Å². The molecule has 0 aliphatic carbocycles. The molecule has 4 heteroatoms. The Hall–Kier alpha value is -1.42. The highest BCUT2D eigenvalue weighted by molar-refractivity contribution is 6.32. The fourth-order valence-corrected chi connectivity index (χ4v) is 2.44. The van der Waals surface area contributed by atoms with E-state index < -0.39 is 0 Å². The third kappa shape index (κ3) is 2.78. The molecule has 0 heterocycles. The van der Waals surface area contributed by atoms with Crippen molar-refractivity contribution in [2.75, 3.05) is 0 Å². The molecular weight excluding hydrogens is 263 g/mol. The normalized spacial score (nSPS) is 12.5. The molecule has 1 unspecified atom stereocenters. The molecule has 0 amide bonds. The van der Waals surface area contributed by atoms with Crippen LogP contribution in [0.15, 0.2) is 36.4 Å². The maximum Gasteiger partial charge on any atom is 0.123 e. The van der Waals surface area contributed by atoms with Crippen LogP contribution in [0, 0.1) is 19.7 Å². The van der Waals surface area contributed by atoms with Crippen molar-refractivity contribution < 1.29 is 4.39 Å². The zero-order valence-corrected chi connectivity index (χ0v) is 11.6. The van der Waals surface area contributed by atoms with Gasteiger partial charge in [0.1, 0.15) is 5.82 Å². The number of hydrogen-bond donors (Lipinski definition) is 2. The summed E-state index contributed by atoms with van der Waals surface area (Å²) in [7, 11) is 0. The van der Waals surface area contributed by atoms with Crippen LogP contribution in [0.2, 0.25) is 5.02 Å². The first-order valence-electron chi connectivity index (χ1n) is 6.01. The van der Waals surface area contributed by atoms with E-state index in [9.17, 15) is 4.39 Å². The molecule has 0 radical (unpaired) electrons. The molecule has 0 fully saturated rings. The van der Waals surface area contributed by atoms with Crippen LogP contribution in [-0.2, 0) is 0 Å². The smallest absolute Gasteiger partial charge is 0.123 e. The maximum absolute atomic E-state index is 13.2. The lowest BCUT2D eigenvalue weighted by Gasteiger charge is -2.21. The number of benzene rings is 2. The molecule has 0 saturated carbocycles. The molecule has 2 aromatic carbocycles. The fraction of sp³-hybridized carbons (Fsp3) is 0.200. The predicted octanol–water partition coefficient (Wildman–Crippen LogP) is 3.65. The number of hydrazine groups is 1. The summed E-state index contributed by atoms with van der Waals surface area (Å²) in [5.41, 5.74) is 6.38. The Morgan fingerprint density at radius 2 is 1.84 bits per heavy atom. The molecule has 0 aliphatic heterocycles. The molecule has 0 spiro atoms. The number of halogens is 2. The van der Waals surface area contributed by atoms with Gasteiger partial charge in [-0.15, -0.1) is 0 Å². The molecule has 2 nitrogen and oxygen atoms in total. The van der Waals surface area contributed by atoms with E-state index in [-0.39, 0.29) is 11.9 Å². The van der Waals surface area contributed by atoms with E-state index in [2.05, 4.69) is 5.43 Å². The van der Waals surface area contributed by atoms with Gasteiger partial charge in [0.05, 0.1) is 6.04 Å². The van der Waals surface area contributed by atoms with Crippen LogP contribution in [0.5, 0.6) is 0 Å². The van der Waals surface area contributed by atoms with Crippen molar-refractivity contribution in [3.63, 3.8) is 0 Å². The topological polar surface area (TPSA) is 38.0 Å². The molecule has 0 saturated heterocycles. The lowest BCUT2D eigenvalue weighted by molar-refractivity contribution is 0.612. The summed E-state index contributed by atoms with van der Waals surface area (Å²) in [6.45, 7) is 3.80. The quantitative estimate of drug-likeness (QED) is 0.664. The average Bonchev–Trinajstić information content (AvgIpc) is 2.37. The second kappa shape index (κ2) is 5.70. The lowest BCUT2D eigenvalue weighted by atomic mass is 9.94. The molecule has 2 aromatic rings. The summed E-state index contributed by atoms with van der Waals surface area (Å²) in [5, 5.41) is 0.675. The summed E-state index contributed by atoms with van der Waals surface area (Å²) >= 11 is 6.33. The molecule has 0 aliphatic rings. The van der Waals surface area contributed by atoms with E-state index in [1.807, 2.05) is 32.0 Å². The zero-order chi connectivity index (χ0) is 14.0. The van der Waals surface area contributed by atoms with Crippen molar-refractivity contribution in [3.8, 4) is 0 Å². The molecule has 2 rings (SSSR count). The van der Waals surface area contributed by atoms with E-state index >= 15 is 0 Å². The molecule has 19 heavy (non-hydrogen) atoms. The standard InChI is InChI=1S/C15H16ClFN2/c1-9-4-3-5-13(14(9)16)15(19-18)12-7-6-11(17)8-10(12)2/h3-8,15,19H,18H2,1-2H3. The van der Waals surface area contributed by atoms with Gasteiger partial charge in [-0.3, -0.25) is 5.84 Å². The van der Waals surface area contributed by atoms with Crippen molar-refractivity contribution in [2.45, 2.75) is 19.9 Å². The SMILES string of the molecule is Cc1cc(F)ccc1C(NN)c1cccc(C)c1Cl. The van der Waals surface area contributed by atoms with Gasteiger partial charge in [-0.1, -0.05) is 35.9 Å².